The zero-order chi connectivity index (χ0) is 23.4. The molecule has 0 saturated carbocycles. The Labute approximate surface area is 195 Å². The van der Waals surface area contributed by atoms with Crippen molar-refractivity contribution in [2.24, 2.45) is 7.05 Å². The lowest BCUT2D eigenvalue weighted by Crippen LogP contribution is -2.36. The molecule has 9 heteroatoms. The van der Waals surface area contributed by atoms with E-state index >= 15 is 0 Å². The van der Waals surface area contributed by atoms with Crippen LogP contribution in [0.5, 0.6) is 11.5 Å². The first-order chi connectivity index (χ1) is 15.9. The molecule has 2 aromatic carbocycles. The molecule has 1 aromatic heterocycles. The predicted octanol–water partition coefficient (Wildman–Crippen LogP) is 3.03. The molecule has 0 N–H and O–H groups in total. The number of nitrogens with zero attached hydrogens (tertiary/aromatic N) is 4. The van der Waals surface area contributed by atoms with Gasteiger partial charge in [-0.2, -0.15) is 9.40 Å². The van der Waals surface area contributed by atoms with Crippen molar-refractivity contribution in [3.8, 4) is 11.5 Å². The zero-order valence-corrected chi connectivity index (χ0v) is 20.1. The van der Waals surface area contributed by atoms with Gasteiger partial charge in [-0.3, -0.25) is 9.58 Å². The molecular formula is C24H30N4O4S. The highest BCUT2D eigenvalue weighted by atomic mass is 32.2. The number of methoxy groups -OCH3 is 2. The Morgan fingerprint density at radius 1 is 0.909 bits per heavy atom. The highest BCUT2D eigenvalue weighted by Gasteiger charge is 2.29. The quantitative estimate of drug-likeness (QED) is 0.453. The third-order valence-electron chi connectivity index (χ3n) is 5.93. The molecule has 3 aromatic rings. The monoisotopic (exact) mass is 470 g/mol. The Morgan fingerprint density at radius 3 is 1.85 bits per heavy atom. The highest BCUT2D eigenvalue weighted by molar-refractivity contribution is 7.89. The van der Waals surface area contributed by atoms with Gasteiger partial charge >= 0.3 is 0 Å². The van der Waals surface area contributed by atoms with Crippen LogP contribution < -0.4 is 9.47 Å². The maximum Gasteiger partial charge on any atom is 0.262 e. The minimum Gasteiger partial charge on any atom is -0.497 e. The Morgan fingerprint density at radius 2 is 1.42 bits per heavy atom. The topological polar surface area (TPSA) is 76.9 Å². The lowest BCUT2D eigenvalue weighted by molar-refractivity contribution is 0.168. The van der Waals surface area contributed by atoms with E-state index in [1.807, 2.05) is 48.5 Å². The van der Waals surface area contributed by atoms with E-state index in [9.17, 15) is 8.42 Å². The molecule has 1 aliphatic rings. The molecular weight excluding hydrogens is 440 g/mol. The molecule has 33 heavy (non-hydrogen) atoms. The van der Waals surface area contributed by atoms with Crippen LogP contribution in [0.2, 0.25) is 0 Å². The predicted molar refractivity (Wildman–Crippen MR) is 126 cm³/mol. The average molecular weight is 471 g/mol. The third-order valence-corrected chi connectivity index (χ3v) is 7.59. The Balaban J connectivity index is 1.63. The summed E-state index contributed by atoms with van der Waals surface area (Å²) in [5, 5.41) is 4.44. The van der Waals surface area contributed by atoms with Gasteiger partial charge in [-0.1, -0.05) is 24.3 Å². The number of hydrogen-bond acceptors (Lipinski definition) is 6. The van der Waals surface area contributed by atoms with Crippen LogP contribution in [0.25, 0.3) is 0 Å². The molecule has 0 radical (unpaired) electrons. The summed E-state index contributed by atoms with van der Waals surface area (Å²) in [5.74, 6) is 1.45. The van der Waals surface area contributed by atoms with Gasteiger partial charge in [-0.15, -0.1) is 0 Å². The number of benzene rings is 2. The van der Waals surface area contributed by atoms with Gasteiger partial charge in [0.05, 0.1) is 19.9 Å². The maximum atomic E-state index is 13.7. The Kier molecular flexibility index (Phi) is 7.02. The van der Waals surface area contributed by atoms with Crippen molar-refractivity contribution in [2.75, 3.05) is 27.3 Å². The number of aromatic nitrogens is 2. The maximum absolute atomic E-state index is 13.7. The van der Waals surface area contributed by atoms with Gasteiger partial charge in [0.25, 0.3) is 10.0 Å². The van der Waals surface area contributed by atoms with Crippen LogP contribution in [0.3, 0.4) is 0 Å². The van der Waals surface area contributed by atoms with Crippen LogP contribution >= 0.6 is 0 Å². The van der Waals surface area contributed by atoms with Crippen LogP contribution in [-0.4, -0.2) is 54.7 Å². The molecule has 8 nitrogen and oxygen atoms in total. The van der Waals surface area contributed by atoms with Gasteiger partial charge in [-0.05, 0) is 54.9 Å². The van der Waals surface area contributed by atoms with E-state index in [1.165, 1.54) is 10.7 Å². The van der Waals surface area contributed by atoms with E-state index in [0.29, 0.717) is 6.54 Å². The van der Waals surface area contributed by atoms with Crippen molar-refractivity contribution >= 4 is 10.0 Å². The number of likely N-dealkylation sites (tertiary alicyclic amines) is 1. The lowest BCUT2D eigenvalue weighted by atomic mass is 10.2. The van der Waals surface area contributed by atoms with E-state index in [0.717, 1.165) is 41.4 Å². The number of ether oxygens (including phenoxy) is 2. The van der Waals surface area contributed by atoms with E-state index in [-0.39, 0.29) is 18.1 Å². The summed E-state index contributed by atoms with van der Waals surface area (Å²) in [5.41, 5.74) is 2.62. The molecule has 0 spiro atoms. The van der Waals surface area contributed by atoms with Crippen molar-refractivity contribution in [3.05, 3.63) is 71.4 Å². The molecule has 0 bridgehead atoms. The molecule has 0 aliphatic carbocycles. The average Bonchev–Trinajstić information content (AvgIpc) is 3.18. The van der Waals surface area contributed by atoms with Gasteiger partial charge in [0.15, 0.2) is 5.03 Å². The fourth-order valence-corrected chi connectivity index (χ4v) is 5.16. The SMILES string of the molecule is COc1ccc(CN(Cc2ccc(OC)cc2)S(=O)(=O)c2cc(CN3CCC3)n(C)n2)cc1. The van der Waals surface area contributed by atoms with Gasteiger partial charge in [0.1, 0.15) is 11.5 Å². The van der Waals surface area contributed by atoms with Crippen molar-refractivity contribution in [2.45, 2.75) is 31.1 Å². The number of rotatable bonds is 10. The largest absolute Gasteiger partial charge is 0.497 e. The van der Waals surface area contributed by atoms with E-state index in [4.69, 9.17) is 9.47 Å². The van der Waals surface area contributed by atoms with Crippen molar-refractivity contribution in [3.63, 3.8) is 0 Å². The van der Waals surface area contributed by atoms with Crippen LogP contribution in [-0.2, 0) is 36.7 Å². The first-order valence-corrected chi connectivity index (χ1v) is 12.3. The smallest absolute Gasteiger partial charge is 0.262 e. The molecule has 1 aliphatic heterocycles. The first-order valence-electron chi connectivity index (χ1n) is 10.9. The fraction of sp³-hybridized carbons (Fsp3) is 0.375. The fourth-order valence-electron chi connectivity index (χ4n) is 3.75. The van der Waals surface area contributed by atoms with Crippen molar-refractivity contribution < 1.29 is 17.9 Å². The minimum absolute atomic E-state index is 0.0718. The summed E-state index contributed by atoms with van der Waals surface area (Å²) in [6, 6.07) is 16.5. The van der Waals surface area contributed by atoms with E-state index in [2.05, 4.69) is 10.00 Å². The van der Waals surface area contributed by atoms with Crippen LogP contribution in [0.15, 0.2) is 59.6 Å². The molecule has 176 valence electrons. The summed E-state index contributed by atoms with van der Waals surface area (Å²) in [7, 11) is 1.17. The zero-order valence-electron chi connectivity index (χ0n) is 19.3. The van der Waals surface area contributed by atoms with Crippen LogP contribution in [0.4, 0.5) is 0 Å². The Bertz CT molecular complexity index is 1120. The molecule has 0 atom stereocenters. The van der Waals surface area contributed by atoms with Gasteiger partial charge in [0.2, 0.25) is 0 Å². The second-order valence-corrected chi connectivity index (χ2v) is 10.1. The second-order valence-electron chi connectivity index (χ2n) is 8.20. The molecule has 1 saturated heterocycles. The number of sulfonamides is 1. The molecule has 1 fully saturated rings. The third kappa shape index (κ3) is 5.38. The van der Waals surface area contributed by atoms with E-state index in [1.54, 1.807) is 32.0 Å². The van der Waals surface area contributed by atoms with Crippen LogP contribution in [0.1, 0.15) is 23.2 Å². The van der Waals surface area contributed by atoms with Gasteiger partial charge < -0.3 is 9.47 Å². The standard InChI is InChI=1S/C24H30N4O4S/c1-26-21(18-27-13-4-14-27)15-24(25-26)33(29,30)28(16-19-5-9-22(31-2)10-6-19)17-20-7-11-23(32-3)12-8-20/h5-12,15H,4,13-14,16-18H2,1-3H3. The van der Waals surface area contributed by atoms with Crippen LogP contribution in [0, 0.1) is 0 Å². The van der Waals surface area contributed by atoms with E-state index < -0.39 is 10.0 Å². The summed E-state index contributed by atoms with van der Waals surface area (Å²) >= 11 is 0. The summed E-state index contributed by atoms with van der Waals surface area (Å²) in [4.78, 5) is 2.28. The molecule has 0 amide bonds. The Hall–Kier alpha value is -2.88. The van der Waals surface area contributed by atoms with Crippen molar-refractivity contribution in [1.82, 2.24) is 19.0 Å². The summed E-state index contributed by atoms with van der Waals surface area (Å²) < 4.78 is 41.0. The molecule has 2 heterocycles. The van der Waals surface area contributed by atoms with Crippen molar-refractivity contribution in [1.29, 1.82) is 0 Å². The highest BCUT2D eigenvalue weighted by Crippen LogP contribution is 2.24. The van der Waals surface area contributed by atoms with Gasteiger partial charge in [-0.25, -0.2) is 8.42 Å². The first kappa shape index (κ1) is 23.3. The normalized spacial score (nSPS) is 14.3. The number of hydrogen-bond donors (Lipinski definition) is 0. The summed E-state index contributed by atoms with van der Waals surface area (Å²) in [6.45, 7) is 3.21. The van der Waals surface area contributed by atoms with Gasteiger partial charge in [0, 0.05) is 32.7 Å². The minimum atomic E-state index is -3.83. The molecule has 0 unspecified atom stereocenters. The number of aryl methyl sites for hydroxylation is 1. The second kappa shape index (κ2) is 9.94. The summed E-state index contributed by atoms with van der Waals surface area (Å²) in [6.07, 6.45) is 1.18. The lowest BCUT2D eigenvalue weighted by Gasteiger charge is -2.30. The molecule has 4 rings (SSSR count).